The molecule has 0 saturated carbocycles. The SMILES string of the molecule is [2H][C@H](C)CCCCCCCCCC([2H])([2H])C([2H])([2H])C(=O)OC([2H])([2H])[2H]. The molecule has 0 rings (SSSR count). The van der Waals surface area contributed by atoms with E-state index in [1.54, 1.807) is 0 Å². The Morgan fingerprint density at radius 3 is 2.06 bits per heavy atom. The van der Waals surface area contributed by atoms with Crippen molar-refractivity contribution in [1.29, 1.82) is 0 Å². The Balaban J connectivity index is 4.08. The van der Waals surface area contributed by atoms with Crippen molar-refractivity contribution < 1.29 is 20.5 Å². The van der Waals surface area contributed by atoms with Crippen LogP contribution >= 0.6 is 0 Å². The molecule has 0 aromatic rings. The molecule has 2 heteroatoms. The lowest BCUT2D eigenvalue weighted by Gasteiger charge is -2.02. The van der Waals surface area contributed by atoms with Gasteiger partial charge in [-0.3, -0.25) is 4.79 Å². The number of ether oxygens (including phenoxy) is 1. The van der Waals surface area contributed by atoms with Crippen LogP contribution in [0.5, 0.6) is 0 Å². The van der Waals surface area contributed by atoms with Crippen LogP contribution in [-0.2, 0) is 9.53 Å². The molecule has 0 radical (unpaired) electrons. The second-order valence-electron chi connectivity index (χ2n) is 4.11. The van der Waals surface area contributed by atoms with Gasteiger partial charge in [-0.2, -0.15) is 0 Å². The second-order valence-corrected chi connectivity index (χ2v) is 4.11. The first-order valence-electron chi connectivity index (χ1n) is 10.5. The number of rotatable bonds is 12. The van der Waals surface area contributed by atoms with E-state index >= 15 is 0 Å². The zero-order valence-electron chi connectivity index (χ0n) is 18.8. The molecule has 0 amide bonds. The molecule has 2 nitrogen and oxygen atoms in total. The molecule has 0 unspecified atom stereocenters. The largest absolute Gasteiger partial charge is 0.469 e. The summed E-state index contributed by atoms with van der Waals surface area (Å²) in [4.78, 5) is 11.6. The number of methoxy groups -OCH3 is 1. The summed E-state index contributed by atoms with van der Waals surface area (Å²) in [6, 6.07) is 0. The number of unbranched alkanes of at least 4 members (excludes halogenated alkanes) is 6. The van der Waals surface area contributed by atoms with E-state index in [9.17, 15) is 4.79 Å². The van der Waals surface area contributed by atoms with Crippen molar-refractivity contribution in [3.63, 3.8) is 0 Å². The fourth-order valence-electron chi connectivity index (χ4n) is 1.61. The third kappa shape index (κ3) is 13.4. The van der Waals surface area contributed by atoms with Gasteiger partial charge in [0.1, 0.15) is 0 Å². The standard InChI is InChI=1S/C15H30O2/c1-3-4-5-6-7-8-9-10-11-12-13-14-15(16)17-2/h3-14H2,1-2H3/i2D3,3D,13D2,14D2/t3-/m1/s1. The van der Waals surface area contributed by atoms with Gasteiger partial charge < -0.3 is 4.74 Å². The van der Waals surface area contributed by atoms with Gasteiger partial charge in [0.2, 0.25) is 0 Å². The summed E-state index contributed by atoms with van der Waals surface area (Å²) in [5, 5.41) is 0. The Bertz CT molecular complexity index is 393. The van der Waals surface area contributed by atoms with Crippen molar-refractivity contribution in [3.8, 4) is 0 Å². The van der Waals surface area contributed by atoms with E-state index in [4.69, 9.17) is 11.0 Å². The van der Waals surface area contributed by atoms with Gasteiger partial charge in [-0.05, 0) is 6.37 Å². The number of hydrogen-bond acceptors (Lipinski definition) is 2. The van der Waals surface area contributed by atoms with E-state index in [1.165, 1.54) is 0 Å². The fourth-order valence-corrected chi connectivity index (χ4v) is 1.61. The maximum atomic E-state index is 11.6. The number of hydrogen-bond donors (Lipinski definition) is 0. The molecular formula is C15H30O2. The van der Waals surface area contributed by atoms with E-state index in [2.05, 4.69) is 4.74 Å². The smallest absolute Gasteiger partial charge is 0.305 e. The number of carbonyl (C=O) groups is 1. The molecule has 0 aliphatic carbocycles. The van der Waals surface area contributed by atoms with Crippen LogP contribution in [0.3, 0.4) is 0 Å². The van der Waals surface area contributed by atoms with Crippen LogP contribution in [-0.4, -0.2) is 13.0 Å². The summed E-state index contributed by atoms with van der Waals surface area (Å²) < 4.78 is 62.6. The van der Waals surface area contributed by atoms with Crippen molar-refractivity contribution in [1.82, 2.24) is 0 Å². The third-order valence-corrected chi connectivity index (χ3v) is 2.58. The zero-order chi connectivity index (χ0) is 19.7. The number of carbonyl (C=O) groups excluding carboxylic acids is 1. The lowest BCUT2D eigenvalue weighted by Crippen LogP contribution is -1.99. The van der Waals surface area contributed by atoms with E-state index in [-0.39, 0.29) is 12.8 Å². The summed E-state index contributed by atoms with van der Waals surface area (Å²) >= 11 is 0. The van der Waals surface area contributed by atoms with Crippen molar-refractivity contribution in [2.45, 2.75) is 83.9 Å². The average molecular weight is 250 g/mol. The van der Waals surface area contributed by atoms with Crippen LogP contribution in [0.1, 0.15) is 94.8 Å². The highest BCUT2D eigenvalue weighted by atomic mass is 16.5. The normalized spacial score (nSPS) is 21.7. The van der Waals surface area contributed by atoms with Gasteiger partial charge in [-0.25, -0.2) is 0 Å². The van der Waals surface area contributed by atoms with Crippen LogP contribution in [0.25, 0.3) is 0 Å². The molecule has 0 aromatic carbocycles. The first-order valence-corrected chi connectivity index (χ1v) is 6.45. The van der Waals surface area contributed by atoms with Gasteiger partial charge in [-0.15, -0.1) is 0 Å². The zero-order valence-corrected chi connectivity index (χ0v) is 10.8. The minimum Gasteiger partial charge on any atom is -0.469 e. The monoisotopic (exact) mass is 250 g/mol. The molecule has 0 bridgehead atoms. The molecule has 0 N–H and O–H groups in total. The highest BCUT2D eigenvalue weighted by Gasteiger charge is 1.98. The minimum absolute atomic E-state index is 0.0192. The van der Waals surface area contributed by atoms with Crippen LogP contribution in [0.15, 0.2) is 0 Å². The van der Waals surface area contributed by atoms with Gasteiger partial charge >= 0.3 is 5.97 Å². The summed E-state index contributed by atoms with van der Waals surface area (Å²) in [6.07, 6.45) is 1.43. The van der Waals surface area contributed by atoms with Gasteiger partial charge in [-0.1, -0.05) is 71.1 Å². The first kappa shape index (κ1) is 7.16. The van der Waals surface area contributed by atoms with Crippen molar-refractivity contribution in [2.75, 3.05) is 7.04 Å². The van der Waals surface area contributed by atoms with Gasteiger partial charge in [0.15, 0.2) is 0 Å². The predicted octanol–water partition coefficient (Wildman–Crippen LogP) is 4.86. The molecule has 102 valence electrons. The van der Waals surface area contributed by atoms with E-state index in [0.717, 1.165) is 44.9 Å². The summed E-state index contributed by atoms with van der Waals surface area (Å²) in [5.41, 5.74) is 0. The quantitative estimate of drug-likeness (QED) is 0.365. The topological polar surface area (TPSA) is 26.3 Å². The summed E-state index contributed by atoms with van der Waals surface area (Å²) in [6.45, 7) is 1.88. The molecule has 1 atom stereocenters. The summed E-state index contributed by atoms with van der Waals surface area (Å²) in [5.74, 6) is -1.69. The van der Waals surface area contributed by atoms with Crippen LogP contribution in [0.4, 0.5) is 0 Å². The Kier molecular flexibility index (Phi) is 5.70. The molecule has 0 aliphatic rings. The highest BCUT2D eigenvalue weighted by Crippen LogP contribution is 2.11. The lowest BCUT2D eigenvalue weighted by atomic mass is 10.1. The highest BCUT2D eigenvalue weighted by molar-refractivity contribution is 5.68. The molecule has 0 heterocycles. The molecule has 0 aromatic heterocycles. The third-order valence-electron chi connectivity index (χ3n) is 2.58. The first-order chi connectivity index (χ1) is 11.3. The molecule has 0 fully saturated rings. The Labute approximate surface area is 118 Å². The van der Waals surface area contributed by atoms with Crippen LogP contribution in [0.2, 0.25) is 0 Å². The van der Waals surface area contributed by atoms with Crippen molar-refractivity contribution in [2.24, 2.45) is 0 Å². The van der Waals surface area contributed by atoms with Gasteiger partial charge in [0, 0.05) is 13.2 Å². The summed E-state index contributed by atoms with van der Waals surface area (Å²) in [7, 11) is -3.09. The van der Waals surface area contributed by atoms with Crippen LogP contribution in [0, 0.1) is 0 Å². The molecule has 17 heavy (non-hydrogen) atoms. The lowest BCUT2D eigenvalue weighted by molar-refractivity contribution is -0.140. The van der Waals surface area contributed by atoms with Crippen LogP contribution < -0.4 is 0 Å². The predicted molar refractivity (Wildman–Crippen MR) is 73.1 cm³/mol. The maximum absolute atomic E-state index is 11.6. The van der Waals surface area contributed by atoms with Crippen molar-refractivity contribution in [3.05, 3.63) is 0 Å². The Hall–Kier alpha value is -0.530. The van der Waals surface area contributed by atoms with E-state index in [0.29, 0.717) is 6.42 Å². The Morgan fingerprint density at radius 2 is 1.53 bits per heavy atom. The van der Waals surface area contributed by atoms with Gasteiger partial charge in [0.25, 0.3) is 0 Å². The fraction of sp³-hybridized carbons (Fsp3) is 0.933. The van der Waals surface area contributed by atoms with Gasteiger partial charge in [0.05, 0.1) is 11.2 Å². The molecule has 0 aliphatic heterocycles. The van der Waals surface area contributed by atoms with E-state index in [1.807, 2.05) is 6.92 Å². The average Bonchev–Trinajstić information content (AvgIpc) is 2.43. The van der Waals surface area contributed by atoms with Crippen molar-refractivity contribution >= 4 is 5.97 Å². The minimum atomic E-state index is -3.09. The van der Waals surface area contributed by atoms with E-state index < -0.39 is 25.8 Å². The molecule has 0 spiro atoms. The molecule has 0 saturated heterocycles. The maximum Gasteiger partial charge on any atom is 0.305 e. The Morgan fingerprint density at radius 1 is 1.00 bits per heavy atom. The molecular weight excluding hydrogens is 212 g/mol. The second kappa shape index (κ2) is 13.5. The number of esters is 1.